The summed E-state index contributed by atoms with van der Waals surface area (Å²) in [5, 5.41) is 17.3. The van der Waals surface area contributed by atoms with Gasteiger partial charge in [-0.3, -0.25) is 4.40 Å². The molecule has 6 heteroatoms. The summed E-state index contributed by atoms with van der Waals surface area (Å²) in [5.41, 5.74) is 1.45. The zero-order chi connectivity index (χ0) is 13.4. The number of hydrogen-bond donors (Lipinski definition) is 1. The van der Waals surface area contributed by atoms with E-state index in [1.54, 1.807) is 12.1 Å². The lowest BCUT2D eigenvalue weighted by Crippen LogP contribution is -2.05. The number of aromatic nitrogens is 3. The first-order valence-corrected chi connectivity index (χ1v) is 6.29. The van der Waals surface area contributed by atoms with Gasteiger partial charge in [0.05, 0.1) is 0 Å². The molecule has 0 saturated carbocycles. The second kappa shape index (κ2) is 4.47. The summed E-state index contributed by atoms with van der Waals surface area (Å²) in [5.74, 6) is -0.504. The molecule has 0 radical (unpaired) electrons. The number of carboxylic acids is 1. The number of fused-ring (bicyclic) bond motifs is 1. The summed E-state index contributed by atoms with van der Waals surface area (Å²) in [4.78, 5) is 11.3. The van der Waals surface area contributed by atoms with E-state index in [4.69, 9.17) is 0 Å². The first kappa shape index (κ1) is 11.9. The van der Waals surface area contributed by atoms with E-state index in [-0.39, 0.29) is 5.69 Å². The molecule has 0 aliphatic rings. The van der Waals surface area contributed by atoms with Gasteiger partial charge in [0.15, 0.2) is 11.5 Å². The highest BCUT2D eigenvalue weighted by Gasteiger charge is 2.15. The summed E-state index contributed by atoms with van der Waals surface area (Å²) >= 11 is 3.39. The van der Waals surface area contributed by atoms with Crippen LogP contribution in [0.3, 0.4) is 0 Å². The summed E-state index contributed by atoms with van der Waals surface area (Å²) in [6.45, 7) is 0. The SMILES string of the molecule is O=C(O)c1cccc2nnc(-c3cccc(Br)c3)n12. The average molecular weight is 318 g/mol. The molecule has 2 heterocycles. The fourth-order valence-corrected chi connectivity index (χ4v) is 2.32. The van der Waals surface area contributed by atoms with Crippen molar-refractivity contribution in [3.63, 3.8) is 0 Å². The number of aromatic carboxylic acids is 1. The molecule has 1 aromatic carbocycles. The standard InChI is InChI=1S/C13H8BrN3O2/c14-9-4-1-3-8(7-9)12-16-15-11-6-2-5-10(13(18)19)17(11)12/h1-7H,(H,18,19). The Morgan fingerprint density at radius 1 is 1.16 bits per heavy atom. The van der Waals surface area contributed by atoms with Crippen LogP contribution in [0.4, 0.5) is 0 Å². The Balaban J connectivity index is 2.33. The highest BCUT2D eigenvalue weighted by atomic mass is 79.9. The molecule has 2 aromatic heterocycles. The third-order valence-corrected chi connectivity index (χ3v) is 3.22. The summed E-state index contributed by atoms with van der Waals surface area (Å²) < 4.78 is 2.43. The second-order valence-corrected chi connectivity index (χ2v) is 4.86. The molecule has 3 aromatic rings. The van der Waals surface area contributed by atoms with Gasteiger partial charge in [-0.1, -0.05) is 34.1 Å². The van der Waals surface area contributed by atoms with E-state index in [0.717, 1.165) is 10.0 Å². The van der Waals surface area contributed by atoms with Crippen molar-refractivity contribution < 1.29 is 9.90 Å². The molecule has 0 bridgehead atoms. The van der Waals surface area contributed by atoms with Crippen LogP contribution < -0.4 is 0 Å². The highest BCUT2D eigenvalue weighted by molar-refractivity contribution is 9.10. The lowest BCUT2D eigenvalue weighted by molar-refractivity contribution is 0.0689. The van der Waals surface area contributed by atoms with Gasteiger partial charge in [-0.15, -0.1) is 10.2 Å². The number of nitrogens with zero attached hydrogens (tertiary/aromatic N) is 3. The van der Waals surface area contributed by atoms with Gasteiger partial charge < -0.3 is 5.11 Å². The van der Waals surface area contributed by atoms with Gasteiger partial charge in [0.25, 0.3) is 0 Å². The number of carbonyl (C=O) groups is 1. The van der Waals surface area contributed by atoms with Crippen molar-refractivity contribution in [3.8, 4) is 11.4 Å². The Kier molecular flexibility index (Phi) is 2.79. The van der Waals surface area contributed by atoms with Gasteiger partial charge in [0, 0.05) is 10.0 Å². The van der Waals surface area contributed by atoms with Gasteiger partial charge in [-0.05, 0) is 24.3 Å². The van der Waals surface area contributed by atoms with Crippen LogP contribution in [0.2, 0.25) is 0 Å². The van der Waals surface area contributed by atoms with Crippen molar-refractivity contribution in [1.29, 1.82) is 0 Å². The molecule has 0 saturated heterocycles. The lowest BCUT2D eigenvalue weighted by Gasteiger charge is -2.04. The molecule has 0 fully saturated rings. The van der Waals surface area contributed by atoms with E-state index < -0.39 is 5.97 Å². The predicted molar refractivity (Wildman–Crippen MR) is 73.1 cm³/mol. The fourth-order valence-electron chi connectivity index (χ4n) is 1.92. The lowest BCUT2D eigenvalue weighted by atomic mass is 10.2. The van der Waals surface area contributed by atoms with Gasteiger partial charge in [-0.25, -0.2) is 4.79 Å². The topological polar surface area (TPSA) is 67.5 Å². The van der Waals surface area contributed by atoms with Crippen LogP contribution in [0.1, 0.15) is 10.5 Å². The first-order valence-electron chi connectivity index (χ1n) is 5.50. The van der Waals surface area contributed by atoms with E-state index in [1.165, 1.54) is 10.5 Å². The van der Waals surface area contributed by atoms with E-state index in [9.17, 15) is 9.90 Å². The van der Waals surface area contributed by atoms with E-state index in [2.05, 4.69) is 26.1 Å². The van der Waals surface area contributed by atoms with Gasteiger partial charge >= 0.3 is 5.97 Å². The van der Waals surface area contributed by atoms with Crippen molar-refractivity contribution in [1.82, 2.24) is 14.6 Å². The number of rotatable bonds is 2. The van der Waals surface area contributed by atoms with Crippen molar-refractivity contribution in [2.45, 2.75) is 0 Å². The van der Waals surface area contributed by atoms with Crippen LogP contribution in [0.5, 0.6) is 0 Å². The quantitative estimate of drug-likeness (QED) is 0.789. The van der Waals surface area contributed by atoms with Gasteiger partial charge in [0.2, 0.25) is 0 Å². The largest absolute Gasteiger partial charge is 0.477 e. The highest BCUT2D eigenvalue weighted by Crippen LogP contribution is 2.23. The fraction of sp³-hybridized carbons (Fsp3) is 0. The third-order valence-electron chi connectivity index (χ3n) is 2.73. The minimum Gasteiger partial charge on any atom is -0.477 e. The molecular weight excluding hydrogens is 310 g/mol. The van der Waals surface area contributed by atoms with Crippen LogP contribution in [0, 0.1) is 0 Å². The minimum atomic E-state index is -1.01. The van der Waals surface area contributed by atoms with Gasteiger partial charge in [-0.2, -0.15) is 0 Å². The Morgan fingerprint density at radius 2 is 1.95 bits per heavy atom. The Labute approximate surface area is 116 Å². The second-order valence-electron chi connectivity index (χ2n) is 3.94. The number of benzene rings is 1. The Hall–Kier alpha value is -2.21. The van der Waals surface area contributed by atoms with Crippen LogP contribution in [0.15, 0.2) is 46.9 Å². The minimum absolute atomic E-state index is 0.137. The normalized spacial score (nSPS) is 10.8. The maximum absolute atomic E-state index is 11.3. The molecule has 19 heavy (non-hydrogen) atoms. The van der Waals surface area contributed by atoms with E-state index in [1.807, 2.05) is 24.3 Å². The monoisotopic (exact) mass is 317 g/mol. The zero-order valence-corrected chi connectivity index (χ0v) is 11.2. The van der Waals surface area contributed by atoms with Crippen LogP contribution in [0.25, 0.3) is 17.0 Å². The molecule has 0 atom stereocenters. The van der Waals surface area contributed by atoms with Crippen molar-refractivity contribution in [3.05, 3.63) is 52.6 Å². The molecule has 0 aliphatic carbocycles. The average Bonchev–Trinajstić information content (AvgIpc) is 2.82. The van der Waals surface area contributed by atoms with Crippen molar-refractivity contribution in [2.75, 3.05) is 0 Å². The van der Waals surface area contributed by atoms with Crippen LogP contribution in [-0.4, -0.2) is 25.7 Å². The van der Waals surface area contributed by atoms with E-state index >= 15 is 0 Å². The number of pyridine rings is 1. The molecule has 5 nitrogen and oxygen atoms in total. The number of hydrogen-bond acceptors (Lipinski definition) is 3. The molecule has 0 amide bonds. The maximum Gasteiger partial charge on any atom is 0.352 e. The van der Waals surface area contributed by atoms with Crippen molar-refractivity contribution >= 4 is 27.5 Å². The number of halogens is 1. The zero-order valence-electron chi connectivity index (χ0n) is 9.62. The molecule has 0 aliphatic heterocycles. The smallest absolute Gasteiger partial charge is 0.352 e. The predicted octanol–water partition coefficient (Wildman–Crippen LogP) is 2.86. The van der Waals surface area contributed by atoms with E-state index in [0.29, 0.717) is 11.5 Å². The third kappa shape index (κ3) is 2.00. The molecule has 0 unspecified atom stereocenters. The molecule has 3 rings (SSSR count). The molecule has 0 spiro atoms. The number of carboxylic acid groups (broad SMARTS) is 1. The summed E-state index contributed by atoms with van der Waals surface area (Å²) in [7, 11) is 0. The molecule has 1 N–H and O–H groups in total. The molecular formula is C13H8BrN3O2. The van der Waals surface area contributed by atoms with Crippen LogP contribution in [-0.2, 0) is 0 Å². The van der Waals surface area contributed by atoms with Crippen LogP contribution >= 0.6 is 15.9 Å². The Morgan fingerprint density at radius 3 is 2.68 bits per heavy atom. The summed E-state index contributed by atoms with van der Waals surface area (Å²) in [6.07, 6.45) is 0. The maximum atomic E-state index is 11.3. The van der Waals surface area contributed by atoms with Crippen molar-refractivity contribution in [2.24, 2.45) is 0 Å². The summed E-state index contributed by atoms with van der Waals surface area (Å²) in [6, 6.07) is 12.4. The molecule has 94 valence electrons. The Bertz CT molecular complexity index is 782. The van der Waals surface area contributed by atoms with Gasteiger partial charge in [0.1, 0.15) is 5.69 Å². The first-order chi connectivity index (χ1) is 9.16.